The van der Waals surface area contributed by atoms with Crippen molar-refractivity contribution < 1.29 is 19.5 Å². The van der Waals surface area contributed by atoms with Gasteiger partial charge in [0.15, 0.2) is 0 Å². The van der Waals surface area contributed by atoms with Gasteiger partial charge in [0.05, 0.1) is 5.92 Å². The predicted molar refractivity (Wildman–Crippen MR) is 87.8 cm³/mol. The van der Waals surface area contributed by atoms with Crippen LogP contribution in [0.15, 0.2) is 72.8 Å². The summed E-state index contributed by atoms with van der Waals surface area (Å²) in [5.74, 6) is -3.01. The summed E-state index contributed by atoms with van der Waals surface area (Å²) in [5.41, 5.74) is 6.04. The lowest BCUT2D eigenvalue weighted by molar-refractivity contribution is -0.131. The predicted octanol–water partition coefficient (Wildman–Crippen LogP) is 1.61. The molecule has 2 aromatic carbocycles. The number of carboxylic acids is 1. The summed E-state index contributed by atoms with van der Waals surface area (Å²) < 4.78 is 0. The highest BCUT2D eigenvalue weighted by atomic mass is 16.4. The number of amides is 2. The van der Waals surface area contributed by atoms with Gasteiger partial charge in [-0.3, -0.25) is 20.4 Å². The van der Waals surface area contributed by atoms with E-state index in [-0.39, 0.29) is 0 Å². The fourth-order valence-corrected chi connectivity index (χ4v) is 2.17. The van der Waals surface area contributed by atoms with E-state index in [4.69, 9.17) is 5.11 Å². The number of benzene rings is 2. The highest BCUT2D eigenvalue weighted by Gasteiger charge is 2.22. The van der Waals surface area contributed by atoms with E-state index in [0.29, 0.717) is 6.08 Å². The van der Waals surface area contributed by atoms with E-state index < -0.39 is 23.7 Å². The van der Waals surface area contributed by atoms with Crippen LogP contribution in [-0.2, 0) is 14.4 Å². The van der Waals surface area contributed by atoms with E-state index in [0.717, 1.165) is 17.2 Å². The third kappa shape index (κ3) is 4.81. The number of aliphatic carboxylic acids is 1. The quantitative estimate of drug-likeness (QED) is 0.575. The molecule has 6 nitrogen and oxygen atoms in total. The molecule has 2 amide bonds. The van der Waals surface area contributed by atoms with Crippen LogP contribution in [0.25, 0.3) is 0 Å². The van der Waals surface area contributed by atoms with Crippen molar-refractivity contribution in [2.75, 3.05) is 0 Å². The average Bonchev–Trinajstić information content (AvgIpc) is 2.60. The largest absolute Gasteiger partial charge is 0.478 e. The SMILES string of the molecule is O=C(O)/C=C\C(=O)NNC(=O)C(c1ccccc1)c1ccccc1. The Morgan fingerprint density at radius 3 is 1.75 bits per heavy atom. The lowest BCUT2D eigenvalue weighted by Gasteiger charge is -2.17. The lowest BCUT2D eigenvalue weighted by Crippen LogP contribution is -2.43. The van der Waals surface area contributed by atoms with Gasteiger partial charge in [-0.1, -0.05) is 60.7 Å². The van der Waals surface area contributed by atoms with Crippen molar-refractivity contribution >= 4 is 17.8 Å². The van der Waals surface area contributed by atoms with Crippen molar-refractivity contribution in [3.8, 4) is 0 Å². The molecule has 0 radical (unpaired) electrons. The van der Waals surface area contributed by atoms with Crippen LogP contribution in [0, 0.1) is 0 Å². The molecule has 0 atom stereocenters. The van der Waals surface area contributed by atoms with E-state index in [1.807, 2.05) is 60.7 Å². The third-order valence-electron chi connectivity index (χ3n) is 3.21. The maximum absolute atomic E-state index is 12.5. The Hall–Kier alpha value is -3.41. The summed E-state index contributed by atoms with van der Waals surface area (Å²) in [7, 11) is 0. The Labute approximate surface area is 138 Å². The van der Waals surface area contributed by atoms with E-state index in [1.165, 1.54) is 0 Å². The van der Waals surface area contributed by atoms with E-state index in [1.54, 1.807) is 0 Å². The summed E-state index contributed by atoms with van der Waals surface area (Å²) in [6.07, 6.45) is 1.51. The second-order valence-electron chi connectivity index (χ2n) is 4.90. The lowest BCUT2D eigenvalue weighted by atomic mass is 9.91. The van der Waals surface area contributed by atoms with Crippen LogP contribution in [0.4, 0.5) is 0 Å². The van der Waals surface area contributed by atoms with Gasteiger partial charge >= 0.3 is 5.97 Å². The first kappa shape index (κ1) is 17.0. The molecule has 0 aliphatic rings. The molecular weight excluding hydrogens is 308 g/mol. The number of carbonyl (C=O) groups excluding carboxylic acids is 2. The molecule has 0 bridgehead atoms. The molecule has 2 aromatic rings. The zero-order chi connectivity index (χ0) is 17.4. The Morgan fingerprint density at radius 1 is 0.792 bits per heavy atom. The summed E-state index contributed by atoms with van der Waals surface area (Å²) in [6.45, 7) is 0. The summed E-state index contributed by atoms with van der Waals surface area (Å²) in [5, 5.41) is 8.47. The Bertz CT molecular complexity index is 703. The number of carbonyl (C=O) groups is 3. The van der Waals surface area contributed by atoms with E-state index >= 15 is 0 Å². The summed E-state index contributed by atoms with van der Waals surface area (Å²) in [4.78, 5) is 34.4. The van der Waals surface area contributed by atoms with Crippen LogP contribution >= 0.6 is 0 Å². The van der Waals surface area contributed by atoms with Gasteiger partial charge in [-0.2, -0.15) is 0 Å². The maximum Gasteiger partial charge on any atom is 0.328 e. The van der Waals surface area contributed by atoms with Gasteiger partial charge in [0.1, 0.15) is 0 Å². The van der Waals surface area contributed by atoms with Crippen LogP contribution in [0.3, 0.4) is 0 Å². The minimum atomic E-state index is -1.25. The first-order valence-corrected chi connectivity index (χ1v) is 7.18. The monoisotopic (exact) mass is 324 g/mol. The molecule has 0 aromatic heterocycles. The zero-order valence-corrected chi connectivity index (χ0v) is 12.7. The third-order valence-corrected chi connectivity index (χ3v) is 3.21. The topological polar surface area (TPSA) is 95.5 Å². The van der Waals surface area contributed by atoms with Gasteiger partial charge in [-0.25, -0.2) is 4.79 Å². The van der Waals surface area contributed by atoms with Gasteiger partial charge in [-0.15, -0.1) is 0 Å². The van der Waals surface area contributed by atoms with Crippen molar-refractivity contribution in [3.63, 3.8) is 0 Å². The number of nitrogens with one attached hydrogen (secondary N) is 2. The van der Waals surface area contributed by atoms with Crippen LogP contribution < -0.4 is 10.9 Å². The molecular formula is C18H16N2O4. The average molecular weight is 324 g/mol. The molecule has 24 heavy (non-hydrogen) atoms. The minimum absolute atomic E-state index is 0.426. The number of hydrogen-bond acceptors (Lipinski definition) is 3. The Balaban J connectivity index is 2.14. The second kappa shape index (κ2) is 8.28. The molecule has 0 aliphatic heterocycles. The second-order valence-corrected chi connectivity index (χ2v) is 4.90. The maximum atomic E-state index is 12.5. The first-order chi connectivity index (χ1) is 11.6. The molecule has 3 N–H and O–H groups in total. The first-order valence-electron chi connectivity index (χ1n) is 7.18. The molecule has 0 aliphatic carbocycles. The zero-order valence-electron chi connectivity index (χ0n) is 12.7. The van der Waals surface area contributed by atoms with Gasteiger partial charge < -0.3 is 5.11 Å². The van der Waals surface area contributed by atoms with E-state index in [9.17, 15) is 14.4 Å². The smallest absolute Gasteiger partial charge is 0.328 e. The van der Waals surface area contributed by atoms with Crippen molar-refractivity contribution in [2.24, 2.45) is 0 Å². The molecule has 0 saturated carbocycles. The fraction of sp³-hybridized carbons (Fsp3) is 0.0556. The molecule has 0 heterocycles. The summed E-state index contributed by atoms with van der Waals surface area (Å²) in [6, 6.07) is 18.3. The Morgan fingerprint density at radius 2 is 1.29 bits per heavy atom. The standard InChI is InChI=1S/C18H16N2O4/c21-15(11-12-16(22)23)19-20-18(24)17(13-7-3-1-4-8-13)14-9-5-2-6-10-14/h1-12,17H,(H,19,21)(H,20,24)(H,22,23)/b12-11-. The molecule has 6 heteroatoms. The number of rotatable bonds is 5. The van der Waals surface area contributed by atoms with Crippen molar-refractivity contribution in [2.45, 2.75) is 5.92 Å². The van der Waals surface area contributed by atoms with Crippen molar-refractivity contribution in [1.29, 1.82) is 0 Å². The molecule has 0 spiro atoms. The van der Waals surface area contributed by atoms with Gasteiger partial charge in [-0.05, 0) is 11.1 Å². The molecule has 2 rings (SSSR count). The summed E-state index contributed by atoms with van der Waals surface area (Å²) >= 11 is 0. The minimum Gasteiger partial charge on any atom is -0.478 e. The van der Waals surface area contributed by atoms with Crippen LogP contribution in [0.1, 0.15) is 17.0 Å². The van der Waals surface area contributed by atoms with Crippen LogP contribution in [0.2, 0.25) is 0 Å². The number of hydrazine groups is 1. The van der Waals surface area contributed by atoms with Crippen LogP contribution in [0.5, 0.6) is 0 Å². The van der Waals surface area contributed by atoms with Crippen molar-refractivity contribution in [1.82, 2.24) is 10.9 Å². The fourth-order valence-electron chi connectivity index (χ4n) is 2.17. The van der Waals surface area contributed by atoms with Gasteiger partial charge in [0, 0.05) is 12.2 Å². The molecule has 0 unspecified atom stereocenters. The van der Waals surface area contributed by atoms with Gasteiger partial charge in [0.2, 0.25) is 5.91 Å². The van der Waals surface area contributed by atoms with Gasteiger partial charge in [0.25, 0.3) is 5.91 Å². The highest BCUT2D eigenvalue weighted by molar-refractivity contribution is 5.95. The molecule has 0 saturated heterocycles. The molecule has 0 fully saturated rings. The Kier molecular flexibility index (Phi) is 5.85. The highest BCUT2D eigenvalue weighted by Crippen LogP contribution is 2.24. The van der Waals surface area contributed by atoms with Crippen molar-refractivity contribution in [3.05, 3.63) is 83.9 Å². The normalized spacial score (nSPS) is 10.5. The number of carboxylic acid groups (broad SMARTS) is 1. The number of hydrogen-bond donors (Lipinski definition) is 3. The van der Waals surface area contributed by atoms with Crippen LogP contribution in [-0.4, -0.2) is 22.9 Å². The molecule has 122 valence electrons. The van der Waals surface area contributed by atoms with E-state index in [2.05, 4.69) is 10.9 Å².